The third-order valence-corrected chi connectivity index (χ3v) is 4.40. The number of ether oxygens (including phenoxy) is 1. The number of morpholine rings is 1. The van der Waals surface area contributed by atoms with E-state index in [0.29, 0.717) is 48.8 Å². The van der Waals surface area contributed by atoms with Crippen LogP contribution in [0, 0.1) is 10.1 Å². The minimum atomic E-state index is -0.444. The molecule has 3 rings (SSSR count). The van der Waals surface area contributed by atoms with E-state index in [4.69, 9.17) is 4.74 Å². The van der Waals surface area contributed by atoms with Crippen molar-refractivity contribution in [1.82, 2.24) is 5.43 Å². The number of hydrogen-bond acceptors (Lipinski definition) is 7. The summed E-state index contributed by atoms with van der Waals surface area (Å²) in [4.78, 5) is 36.2. The Kier molecular flexibility index (Phi) is 6.71. The van der Waals surface area contributed by atoms with Crippen LogP contribution in [-0.4, -0.2) is 49.3 Å². The predicted molar refractivity (Wildman–Crippen MR) is 112 cm³/mol. The van der Waals surface area contributed by atoms with Crippen molar-refractivity contribution in [1.29, 1.82) is 0 Å². The normalized spacial score (nSPS) is 13.8. The number of amides is 2. The zero-order valence-corrected chi connectivity index (χ0v) is 16.3. The number of rotatable bonds is 6. The van der Waals surface area contributed by atoms with Crippen molar-refractivity contribution >= 4 is 35.1 Å². The number of hydrogen-bond donors (Lipinski definition) is 2. The van der Waals surface area contributed by atoms with Gasteiger partial charge in [-0.1, -0.05) is 6.07 Å². The first-order valence-corrected chi connectivity index (χ1v) is 9.26. The number of nitrogens with one attached hydrogen (secondary N) is 2. The van der Waals surface area contributed by atoms with Crippen molar-refractivity contribution in [2.75, 3.05) is 36.5 Å². The number of carbonyl (C=O) groups is 2. The maximum absolute atomic E-state index is 12.2. The molecule has 0 atom stereocenters. The number of anilines is 2. The van der Waals surface area contributed by atoms with Crippen molar-refractivity contribution < 1.29 is 19.2 Å². The minimum Gasteiger partial charge on any atom is -0.378 e. The van der Waals surface area contributed by atoms with Crippen LogP contribution in [0.4, 0.5) is 17.1 Å². The maximum Gasteiger partial charge on any atom is 0.293 e. The fourth-order valence-electron chi connectivity index (χ4n) is 2.98. The molecule has 2 N–H and O–H groups in total. The highest BCUT2D eigenvalue weighted by Crippen LogP contribution is 2.29. The summed E-state index contributed by atoms with van der Waals surface area (Å²) >= 11 is 0. The van der Waals surface area contributed by atoms with Crippen molar-refractivity contribution in [3.05, 3.63) is 63.7 Å². The molecule has 0 spiro atoms. The van der Waals surface area contributed by atoms with Crippen LogP contribution in [0.3, 0.4) is 0 Å². The van der Waals surface area contributed by atoms with E-state index in [0.717, 1.165) is 0 Å². The van der Waals surface area contributed by atoms with E-state index in [1.54, 1.807) is 36.4 Å². The largest absolute Gasteiger partial charge is 0.378 e. The summed E-state index contributed by atoms with van der Waals surface area (Å²) in [7, 11) is 0. The third kappa shape index (κ3) is 5.39. The molecule has 2 aromatic rings. The van der Waals surface area contributed by atoms with Gasteiger partial charge in [0.1, 0.15) is 5.69 Å². The van der Waals surface area contributed by atoms with Gasteiger partial charge in [0.15, 0.2) is 0 Å². The molecule has 0 radical (unpaired) electrons. The number of hydrazone groups is 1. The van der Waals surface area contributed by atoms with E-state index < -0.39 is 10.8 Å². The van der Waals surface area contributed by atoms with Crippen LogP contribution >= 0.6 is 0 Å². The summed E-state index contributed by atoms with van der Waals surface area (Å²) in [5, 5.41) is 18.0. The average Bonchev–Trinajstić information content (AvgIpc) is 2.74. The molecule has 1 aliphatic rings. The zero-order chi connectivity index (χ0) is 21.5. The molecule has 156 valence electrons. The second-order valence-electron chi connectivity index (χ2n) is 6.56. The second kappa shape index (κ2) is 9.61. The highest BCUT2D eigenvalue weighted by Gasteiger charge is 2.21. The molecule has 10 nitrogen and oxygen atoms in total. The van der Waals surface area contributed by atoms with Crippen LogP contribution in [-0.2, 0) is 9.53 Å². The number of nitro groups is 1. The molecule has 1 heterocycles. The molecule has 10 heteroatoms. The molecule has 30 heavy (non-hydrogen) atoms. The lowest BCUT2D eigenvalue weighted by Crippen LogP contribution is -2.36. The lowest BCUT2D eigenvalue weighted by Gasteiger charge is -2.28. The van der Waals surface area contributed by atoms with Gasteiger partial charge in [-0.15, -0.1) is 0 Å². The van der Waals surface area contributed by atoms with Gasteiger partial charge in [-0.25, -0.2) is 5.43 Å². The standard InChI is InChI=1S/C20H21N5O5/c1-14(26)22-17-5-3-16(4-6-17)20(27)23-21-13-15-2-7-18(19(12-15)25(28)29)24-8-10-30-11-9-24/h2-7,12-13H,8-11H2,1H3,(H,22,26)(H,23,27). The smallest absolute Gasteiger partial charge is 0.293 e. The monoisotopic (exact) mass is 411 g/mol. The first-order valence-electron chi connectivity index (χ1n) is 9.26. The van der Waals surface area contributed by atoms with E-state index >= 15 is 0 Å². The Labute approximate surface area is 172 Å². The van der Waals surface area contributed by atoms with E-state index in [9.17, 15) is 19.7 Å². The number of carbonyl (C=O) groups excluding carboxylic acids is 2. The SMILES string of the molecule is CC(=O)Nc1ccc(C(=O)NN=Cc2ccc(N3CCOCC3)c([N+](=O)[O-])c2)cc1. The Morgan fingerprint density at radius 2 is 1.87 bits per heavy atom. The number of benzene rings is 2. The number of nitrogens with zero attached hydrogens (tertiary/aromatic N) is 3. The van der Waals surface area contributed by atoms with Gasteiger partial charge in [-0.05, 0) is 30.3 Å². The van der Waals surface area contributed by atoms with Gasteiger partial charge >= 0.3 is 0 Å². The van der Waals surface area contributed by atoms with Gasteiger partial charge in [0.25, 0.3) is 11.6 Å². The topological polar surface area (TPSA) is 126 Å². The summed E-state index contributed by atoms with van der Waals surface area (Å²) < 4.78 is 5.29. The van der Waals surface area contributed by atoms with E-state index in [1.807, 2.05) is 4.90 Å². The van der Waals surface area contributed by atoms with Crippen LogP contribution in [0.25, 0.3) is 0 Å². The van der Waals surface area contributed by atoms with Crippen LogP contribution in [0.1, 0.15) is 22.8 Å². The Morgan fingerprint density at radius 3 is 2.50 bits per heavy atom. The van der Waals surface area contributed by atoms with Gasteiger partial charge in [0.05, 0.1) is 24.4 Å². The molecular weight excluding hydrogens is 390 g/mol. The second-order valence-corrected chi connectivity index (χ2v) is 6.56. The quantitative estimate of drug-likeness (QED) is 0.426. The highest BCUT2D eigenvalue weighted by atomic mass is 16.6. The van der Waals surface area contributed by atoms with Crippen LogP contribution in [0.2, 0.25) is 0 Å². The third-order valence-electron chi connectivity index (χ3n) is 4.40. The number of nitro benzene ring substituents is 1. The molecule has 0 saturated carbocycles. The molecule has 2 aromatic carbocycles. The van der Waals surface area contributed by atoms with Crippen LogP contribution in [0.5, 0.6) is 0 Å². The summed E-state index contributed by atoms with van der Waals surface area (Å²) in [5.41, 5.74) is 4.31. The fraction of sp³-hybridized carbons (Fsp3) is 0.250. The summed E-state index contributed by atoms with van der Waals surface area (Å²) in [5.74, 6) is -0.648. The Bertz CT molecular complexity index is 968. The van der Waals surface area contributed by atoms with Gasteiger partial charge in [0, 0.05) is 42.9 Å². The van der Waals surface area contributed by atoms with E-state index in [-0.39, 0.29) is 11.6 Å². The van der Waals surface area contributed by atoms with Crippen molar-refractivity contribution in [3.8, 4) is 0 Å². The Hall–Kier alpha value is -3.79. The maximum atomic E-state index is 12.2. The van der Waals surface area contributed by atoms with Crippen molar-refractivity contribution in [2.45, 2.75) is 6.92 Å². The average molecular weight is 411 g/mol. The van der Waals surface area contributed by atoms with Crippen LogP contribution in [0.15, 0.2) is 47.6 Å². The highest BCUT2D eigenvalue weighted by molar-refractivity contribution is 5.96. The molecule has 0 bridgehead atoms. The summed E-state index contributed by atoms with van der Waals surface area (Å²) in [6.07, 6.45) is 1.35. The fourth-order valence-corrected chi connectivity index (χ4v) is 2.98. The van der Waals surface area contributed by atoms with Gasteiger partial charge in [-0.2, -0.15) is 5.10 Å². The Balaban J connectivity index is 1.66. The van der Waals surface area contributed by atoms with Crippen molar-refractivity contribution in [3.63, 3.8) is 0 Å². The lowest BCUT2D eigenvalue weighted by atomic mass is 10.1. The molecule has 1 saturated heterocycles. The Morgan fingerprint density at radius 1 is 1.17 bits per heavy atom. The molecule has 1 fully saturated rings. The molecule has 0 aromatic heterocycles. The molecule has 0 aliphatic carbocycles. The summed E-state index contributed by atoms with van der Waals surface area (Å²) in [6.45, 7) is 3.62. The first kappa shape index (κ1) is 20.9. The van der Waals surface area contributed by atoms with Crippen LogP contribution < -0.4 is 15.6 Å². The van der Waals surface area contributed by atoms with Gasteiger partial charge < -0.3 is 15.0 Å². The van der Waals surface area contributed by atoms with Gasteiger partial charge in [0.2, 0.25) is 5.91 Å². The predicted octanol–water partition coefficient (Wildman–Crippen LogP) is 2.15. The molecule has 2 amide bonds. The van der Waals surface area contributed by atoms with Gasteiger partial charge in [-0.3, -0.25) is 19.7 Å². The lowest BCUT2D eigenvalue weighted by molar-refractivity contribution is -0.384. The molecule has 0 unspecified atom stereocenters. The minimum absolute atomic E-state index is 0.0271. The van der Waals surface area contributed by atoms with E-state index in [2.05, 4.69) is 15.8 Å². The molecular formula is C20H21N5O5. The van der Waals surface area contributed by atoms with Crippen molar-refractivity contribution in [2.24, 2.45) is 5.10 Å². The summed E-state index contributed by atoms with van der Waals surface area (Å²) in [6, 6.07) is 11.1. The zero-order valence-electron chi connectivity index (χ0n) is 16.3. The first-order chi connectivity index (χ1) is 14.4. The van der Waals surface area contributed by atoms with E-state index in [1.165, 1.54) is 19.2 Å². The molecule has 1 aliphatic heterocycles.